The minimum absolute atomic E-state index is 0.0102. The van der Waals surface area contributed by atoms with Crippen molar-refractivity contribution in [1.29, 1.82) is 0 Å². The maximum Gasteiger partial charge on any atom is 0.260 e. The van der Waals surface area contributed by atoms with Crippen LogP contribution in [0.5, 0.6) is 5.75 Å². The molecule has 106 valence electrons. The van der Waals surface area contributed by atoms with Crippen LogP contribution < -0.4 is 10.5 Å². The quantitative estimate of drug-likeness (QED) is 0.871. The minimum atomic E-state index is -0.0888. The van der Waals surface area contributed by atoms with Gasteiger partial charge in [-0.25, -0.2) is 0 Å². The lowest BCUT2D eigenvalue weighted by Gasteiger charge is -2.16. The SMILES string of the molecule is CN(Cc1ccoc1)C(=O)COc1ccc(CN)cc1. The van der Waals surface area contributed by atoms with Gasteiger partial charge in [-0.1, -0.05) is 12.1 Å². The van der Waals surface area contributed by atoms with Gasteiger partial charge in [0.25, 0.3) is 5.91 Å². The Balaban J connectivity index is 1.81. The molecule has 0 bridgehead atoms. The number of hydrogen-bond donors (Lipinski definition) is 1. The molecule has 0 unspecified atom stereocenters. The summed E-state index contributed by atoms with van der Waals surface area (Å²) < 4.78 is 10.4. The second-order valence-corrected chi connectivity index (χ2v) is 4.52. The van der Waals surface area contributed by atoms with Gasteiger partial charge in [-0.05, 0) is 23.8 Å². The molecule has 20 heavy (non-hydrogen) atoms. The first-order valence-corrected chi connectivity index (χ1v) is 6.36. The summed E-state index contributed by atoms with van der Waals surface area (Å²) in [4.78, 5) is 13.5. The van der Waals surface area contributed by atoms with Crippen molar-refractivity contribution in [2.45, 2.75) is 13.1 Å². The smallest absolute Gasteiger partial charge is 0.260 e. The molecule has 0 aliphatic heterocycles. The zero-order chi connectivity index (χ0) is 14.4. The summed E-state index contributed by atoms with van der Waals surface area (Å²) in [7, 11) is 1.73. The summed E-state index contributed by atoms with van der Waals surface area (Å²) in [6.45, 7) is 1.01. The fourth-order valence-corrected chi connectivity index (χ4v) is 1.72. The van der Waals surface area contributed by atoms with Gasteiger partial charge in [0.1, 0.15) is 5.75 Å². The van der Waals surface area contributed by atoms with Crippen LogP contribution in [0.4, 0.5) is 0 Å². The number of carbonyl (C=O) groups is 1. The molecule has 0 atom stereocenters. The number of nitrogens with zero attached hydrogens (tertiary/aromatic N) is 1. The normalized spacial score (nSPS) is 10.3. The minimum Gasteiger partial charge on any atom is -0.484 e. The molecule has 1 amide bonds. The van der Waals surface area contributed by atoms with Crippen LogP contribution in [0.3, 0.4) is 0 Å². The molecule has 0 spiro atoms. The van der Waals surface area contributed by atoms with E-state index in [4.69, 9.17) is 14.9 Å². The van der Waals surface area contributed by atoms with Crippen molar-refractivity contribution in [1.82, 2.24) is 4.90 Å². The highest BCUT2D eigenvalue weighted by atomic mass is 16.5. The number of nitrogens with two attached hydrogens (primary N) is 1. The van der Waals surface area contributed by atoms with Crippen molar-refractivity contribution in [2.24, 2.45) is 5.73 Å². The summed E-state index contributed by atoms with van der Waals surface area (Å²) in [6, 6.07) is 9.22. The molecule has 1 aromatic carbocycles. The molecule has 0 saturated carbocycles. The average Bonchev–Trinajstić information content (AvgIpc) is 2.98. The van der Waals surface area contributed by atoms with E-state index in [0.717, 1.165) is 11.1 Å². The van der Waals surface area contributed by atoms with E-state index >= 15 is 0 Å². The highest BCUT2D eigenvalue weighted by Crippen LogP contribution is 2.12. The Kier molecular flexibility index (Phi) is 4.79. The first-order valence-electron chi connectivity index (χ1n) is 6.36. The van der Waals surface area contributed by atoms with Crippen molar-refractivity contribution in [3.8, 4) is 5.75 Å². The lowest BCUT2D eigenvalue weighted by Crippen LogP contribution is -2.30. The van der Waals surface area contributed by atoms with E-state index in [1.165, 1.54) is 0 Å². The zero-order valence-corrected chi connectivity index (χ0v) is 11.4. The monoisotopic (exact) mass is 274 g/mol. The van der Waals surface area contributed by atoms with E-state index in [9.17, 15) is 4.79 Å². The number of furan rings is 1. The van der Waals surface area contributed by atoms with E-state index in [0.29, 0.717) is 18.8 Å². The van der Waals surface area contributed by atoms with Gasteiger partial charge in [0, 0.05) is 25.7 Å². The standard InChI is InChI=1S/C15H18N2O3/c1-17(9-13-6-7-19-10-13)15(18)11-20-14-4-2-12(8-16)3-5-14/h2-7,10H,8-9,11,16H2,1H3. The Morgan fingerprint density at radius 1 is 1.25 bits per heavy atom. The Hall–Kier alpha value is -2.27. The first kappa shape index (κ1) is 14.1. The van der Waals surface area contributed by atoms with Crippen LogP contribution in [0.15, 0.2) is 47.3 Å². The molecular weight excluding hydrogens is 256 g/mol. The number of carbonyl (C=O) groups excluding carboxylic acids is 1. The van der Waals surface area contributed by atoms with Crippen molar-refractivity contribution < 1.29 is 13.9 Å². The topological polar surface area (TPSA) is 68.7 Å². The summed E-state index contributed by atoms with van der Waals surface area (Å²) >= 11 is 0. The molecule has 0 radical (unpaired) electrons. The lowest BCUT2D eigenvalue weighted by molar-refractivity contribution is -0.132. The third-order valence-electron chi connectivity index (χ3n) is 2.95. The van der Waals surface area contributed by atoms with Crippen molar-refractivity contribution in [3.63, 3.8) is 0 Å². The Morgan fingerprint density at radius 2 is 2.00 bits per heavy atom. The molecule has 0 fully saturated rings. The molecule has 2 rings (SSSR count). The summed E-state index contributed by atoms with van der Waals surface area (Å²) in [5.74, 6) is 0.571. The molecule has 5 nitrogen and oxygen atoms in total. The number of hydrogen-bond acceptors (Lipinski definition) is 4. The second-order valence-electron chi connectivity index (χ2n) is 4.52. The van der Waals surface area contributed by atoms with Crippen LogP contribution in [0.25, 0.3) is 0 Å². The predicted molar refractivity (Wildman–Crippen MR) is 75.0 cm³/mol. The molecule has 0 aliphatic carbocycles. The Morgan fingerprint density at radius 3 is 2.60 bits per heavy atom. The number of amides is 1. The van der Waals surface area contributed by atoms with E-state index < -0.39 is 0 Å². The van der Waals surface area contributed by atoms with Crippen molar-refractivity contribution in [3.05, 3.63) is 54.0 Å². The van der Waals surface area contributed by atoms with Gasteiger partial charge >= 0.3 is 0 Å². The Bertz CT molecular complexity index is 535. The fraction of sp³-hybridized carbons (Fsp3) is 0.267. The maximum absolute atomic E-state index is 11.9. The van der Waals surface area contributed by atoms with Crippen LogP contribution in [0, 0.1) is 0 Å². The molecule has 1 heterocycles. The van der Waals surface area contributed by atoms with Gasteiger partial charge in [0.05, 0.1) is 12.5 Å². The molecule has 0 saturated heterocycles. The van der Waals surface area contributed by atoms with E-state index in [2.05, 4.69) is 0 Å². The Labute approximate surface area is 117 Å². The van der Waals surface area contributed by atoms with Gasteiger partial charge < -0.3 is 19.8 Å². The lowest BCUT2D eigenvalue weighted by atomic mass is 10.2. The second kappa shape index (κ2) is 6.77. The van der Waals surface area contributed by atoms with Crippen LogP contribution in [0.2, 0.25) is 0 Å². The van der Waals surface area contributed by atoms with Gasteiger partial charge in [-0.3, -0.25) is 4.79 Å². The maximum atomic E-state index is 11.9. The highest BCUT2D eigenvalue weighted by Gasteiger charge is 2.10. The fourth-order valence-electron chi connectivity index (χ4n) is 1.72. The van der Waals surface area contributed by atoms with E-state index in [-0.39, 0.29) is 12.5 Å². The van der Waals surface area contributed by atoms with Crippen LogP contribution >= 0.6 is 0 Å². The van der Waals surface area contributed by atoms with Gasteiger partial charge in [-0.2, -0.15) is 0 Å². The molecule has 2 N–H and O–H groups in total. The van der Waals surface area contributed by atoms with Crippen LogP contribution in [0.1, 0.15) is 11.1 Å². The van der Waals surface area contributed by atoms with Gasteiger partial charge in [-0.15, -0.1) is 0 Å². The average molecular weight is 274 g/mol. The van der Waals surface area contributed by atoms with Gasteiger partial charge in [0.15, 0.2) is 6.61 Å². The van der Waals surface area contributed by atoms with Crippen LogP contribution in [-0.2, 0) is 17.9 Å². The predicted octanol–water partition coefficient (Wildman–Crippen LogP) is 1.78. The molecule has 0 aliphatic rings. The molecule has 1 aromatic heterocycles. The number of likely N-dealkylation sites (N-methyl/N-ethyl adjacent to an activating group) is 1. The third kappa shape index (κ3) is 3.86. The summed E-state index contributed by atoms with van der Waals surface area (Å²) in [5, 5.41) is 0. The zero-order valence-electron chi connectivity index (χ0n) is 11.4. The first-order chi connectivity index (χ1) is 9.69. The number of benzene rings is 1. The van der Waals surface area contributed by atoms with E-state index in [1.54, 1.807) is 24.5 Å². The number of ether oxygens (including phenoxy) is 1. The van der Waals surface area contributed by atoms with Crippen LogP contribution in [-0.4, -0.2) is 24.5 Å². The summed E-state index contributed by atoms with van der Waals surface area (Å²) in [5.41, 5.74) is 7.50. The number of rotatable bonds is 6. The highest BCUT2D eigenvalue weighted by molar-refractivity contribution is 5.77. The van der Waals surface area contributed by atoms with Crippen molar-refractivity contribution in [2.75, 3.05) is 13.7 Å². The van der Waals surface area contributed by atoms with Crippen molar-refractivity contribution >= 4 is 5.91 Å². The molecule has 5 heteroatoms. The molecule has 2 aromatic rings. The third-order valence-corrected chi connectivity index (χ3v) is 2.95. The van der Waals surface area contributed by atoms with E-state index in [1.807, 2.05) is 30.3 Å². The molecular formula is C15H18N2O3. The largest absolute Gasteiger partial charge is 0.484 e. The summed E-state index contributed by atoms with van der Waals surface area (Å²) in [6.07, 6.45) is 3.21. The van der Waals surface area contributed by atoms with Gasteiger partial charge in [0.2, 0.25) is 0 Å².